The van der Waals surface area contributed by atoms with Crippen LogP contribution in [0.5, 0.6) is 0 Å². The molecule has 2 aromatic rings. The van der Waals surface area contributed by atoms with Gasteiger partial charge in [-0.15, -0.1) is 0 Å². The van der Waals surface area contributed by atoms with Crippen molar-refractivity contribution in [3.05, 3.63) is 53.6 Å². The van der Waals surface area contributed by atoms with E-state index in [1.807, 2.05) is 41.5 Å². The van der Waals surface area contributed by atoms with E-state index in [1.165, 1.54) is 21.9 Å². The average molecular weight is 493 g/mol. The van der Waals surface area contributed by atoms with Gasteiger partial charge in [-0.1, -0.05) is 48.6 Å². The predicted molar refractivity (Wildman–Crippen MR) is 138 cm³/mol. The van der Waals surface area contributed by atoms with Crippen molar-refractivity contribution in [1.82, 2.24) is 0 Å². The first-order chi connectivity index (χ1) is 16.1. The van der Waals surface area contributed by atoms with Crippen molar-refractivity contribution in [3.8, 4) is 0 Å². The van der Waals surface area contributed by atoms with Crippen molar-refractivity contribution >= 4 is 35.9 Å². The van der Waals surface area contributed by atoms with Crippen LogP contribution < -0.4 is 0 Å². The summed E-state index contributed by atoms with van der Waals surface area (Å²) in [5.74, 6) is 0. The van der Waals surface area contributed by atoms with Crippen molar-refractivity contribution in [1.29, 1.82) is 0 Å². The lowest BCUT2D eigenvalue weighted by Crippen LogP contribution is -2.27. The molecule has 1 aliphatic rings. The third-order valence-electron chi connectivity index (χ3n) is 4.23. The maximum Gasteiger partial charge on any atom is 0.577 e. The van der Waals surface area contributed by atoms with Crippen LogP contribution >= 0.6 is 0 Å². The number of rotatable bonds is 12. The number of hydrogen-bond acceptors (Lipinski definition) is 6. The molecular formula is C25H40O6Si2. The molecule has 0 amide bonds. The van der Waals surface area contributed by atoms with E-state index >= 15 is 0 Å². The van der Waals surface area contributed by atoms with Gasteiger partial charge < -0.3 is 26.6 Å². The Morgan fingerprint density at radius 3 is 1.45 bits per heavy atom. The summed E-state index contributed by atoms with van der Waals surface area (Å²) in [6.45, 7) is 15.6. The first-order valence-corrected chi connectivity index (χ1v) is 14.3. The van der Waals surface area contributed by atoms with E-state index in [0.717, 1.165) is 6.42 Å². The highest BCUT2D eigenvalue weighted by molar-refractivity contribution is 6.36. The van der Waals surface area contributed by atoms with Crippen LogP contribution in [0.15, 0.2) is 42.5 Å². The largest absolute Gasteiger partial charge is 0.577 e. The summed E-state index contributed by atoms with van der Waals surface area (Å²) in [6, 6.07) is 13.0. The molecule has 33 heavy (non-hydrogen) atoms. The normalized spacial score (nSPS) is 11.9. The maximum absolute atomic E-state index is 5.18. The van der Waals surface area contributed by atoms with Gasteiger partial charge in [0.25, 0.3) is 0 Å². The quantitative estimate of drug-likeness (QED) is 0.361. The van der Waals surface area contributed by atoms with Crippen molar-refractivity contribution < 1.29 is 26.6 Å². The molecule has 0 bridgehead atoms. The van der Waals surface area contributed by atoms with Crippen LogP contribution in [0.2, 0.25) is 0 Å². The highest BCUT2D eigenvalue weighted by Gasteiger charge is 2.16. The monoisotopic (exact) mass is 492 g/mol. The third-order valence-corrected chi connectivity index (χ3v) is 7.38. The van der Waals surface area contributed by atoms with Gasteiger partial charge in [-0.05, 0) is 69.9 Å². The lowest BCUT2D eigenvalue weighted by molar-refractivity contribution is 0.106. The Morgan fingerprint density at radius 1 is 0.606 bits per heavy atom. The van der Waals surface area contributed by atoms with Gasteiger partial charge in [0, 0.05) is 39.6 Å². The fraction of sp³-hybridized carbons (Fsp3) is 0.520. The Bertz CT molecular complexity index is 735. The Morgan fingerprint density at radius 2 is 1.03 bits per heavy atom. The highest BCUT2D eigenvalue weighted by Crippen LogP contribution is 2.27. The molecule has 1 aliphatic carbocycles. The number of benzene rings is 2. The topological polar surface area (TPSA) is 55.4 Å². The molecule has 0 aromatic heterocycles. The Hall–Kier alpha value is -1.37. The Kier molecular flexibility index (Phi) is 17.1. The summed E-state index contributed by atoms with van der Waals surface area (Å²) in [6.07, 6.45) is 5.53. The molecule has 0 heterocycles. The lowest BCUT2D eigenvalue weighted by atomic mass is 9.93. The standard InChI is InChI=1S/C13H10.2C6H15O3Si/c1-4-10-6-2-8-12-9-3-7-11(5-1)13(10)12;2*1-4-7-10(8-5-2)9-6-3/h1-8H,9H2;2*4-6H2,1-3H3. The van der Waals surface area contributed by atoms with E-state index in [9.17, 15) is 0 Å². The molecule has 0 spiro atoms. The average Bonchev–Trinajstić information content (AvgIpc) is 2.82. The van der Waals surface area contributed by atoms with Crippen molar-refractivity contribution in [2.45, 2.75) is 48.0 Å². The summed E-state index contributed by atoms with van der Waals surface area (Å²) in [5, 5.41) is 2.80. The second-order valence-corrected chi connectivity index (χ2v) is 9.30. The third kappa shape index (κ3) is 11.5. The van der Waals surface area contributed by atoms with Crippen LogP contribution in [-0.4, -0.2) is 58.7 Å². The van der Waals surface area contributed by atoms with Crippen LogP contribution in [0.3, 0.4) is 0 Å². The van der Waals surface area contributed by atoms with Crippen LogP contribution in [0.25, 0.3) is 16.8 Å². The van der Waals surface area contributed by atoms with E-state index in [2.05, 4.69) is 48.6 Å². The van der Waals surface area contributed by atoms with Gasteiger partial charge in [0.05, 0.1) is 0 Å². The van der Waals surface area contributed by atoms with Crippen LogP contribution in [0.4, 0.5) is 0 Å². The van der Waals surface area contributed by atoms with Crippen LogP contribution in [0.1, 0.15) is 52.7 Å². The van der Waals surface area contributed by atoms with E-state index in [4.69, 9.17) is 26.6 Å². The Labute approximate surface area is 203 Å². The van der Waals surface area contributed by atoms with Gasteiger partial charge in [-0.3, -0.25) is 0 Å². The molecule has 0 N–H and O–H groups in total. The van der Waals surface area contributed by atoms with Gasteiger partial charge >= 0.3 is 19.1 Å². The smallest absolute Gasteiger partial charge is 0.371 e. The summed E-state index contributed by atoms with van der Waals surface area (Å²) < 4.78 is 31.1. The van der Waals surface area contributed by atoms with E-state index in [1.54, 1.807) is 0 Å². The van der Waals surface area contributed by atoms with Crippen LogP contribution in [-0.2, 0) is 33.0 Å². The molecule has 3 rings (SSSR count). The summed E-state index contributed by atoms with van der Waals surface area (Å²) in [7, 11) is -2.79. The molecule has 0 aliphatic heterocycles. The molecule has 2 radical (unpaired) electrons. The molecule has 2 aromatic carbocycles. The van der Waals surface area contributed by atoms with E-state index < -0.39 is 19.1 Å². The maximum atomic E-state index is 5.18. The summed E-state index contributed by atoms with van der Waals surface area (Å²) >= 11 is 0. The second-order valence-electron chi connectivity index (χ2n) is 6.57. The fourth-order valence-electron chi connectivity index (χ4n) is 3.03. The SMILES string of the molecule is C1=Cc2cccc3cccc(c23)C1.CCO[Si](OCC)OCC.CCO[Si](OCC)OCC. The zero-order chi connectivity index (χ0) is 24.3. The highest BCUT2D eigenvalue weighted by atomic mass is 28.3. The molecule has 8 heteroatoms. The van der Waals surface area contributed by atoms with Gasteiger partial charge in [0.2, 0.25) is 0 Å². The molecule has 0 atom stereocenters. The lowest BCUT2D eigenvalue weighted by Gasteiger charge is -2.11. The van der Waals surface area contributed by atoms with Crippen molar-refractivity contribution in [2.24, 2.45) is 0 Å². The molecule has 0 unspecified atom stereocenters. The number of allylic oxidation sites excluding steroid dienone is 1. The molecule has 0 saturated carbocycles. The second kappa shape index (κ2) is 19.0. The van der Waals surface area contributed by atoms with Gasteiger partial charge in [-0.25, -0.2) is 0 Å². The first kappa shape index (κ1) is 29.7. The van der Waals surface area contributed by atoms with Crippen molar-refractivity contribution in [3.63, 3.8) is 0 Å². The summed E-state index contributed by atoms with van der Waals surface area (Å²) in [4.78, 5) is 0. The van der Waals surface area contributed by atoms with E-state index in [-0.39, 0.29) is 0 Å². The van der Waals surface area contributed by atoms with Gasteiger partial charge in [0.15, 0.2) is 0 Å². The zero-order valence-corrected chi connectivity index (χ0v) is 23.0. The van der Waals surface area contributed by atoms with Gasteiger partial charge in [0.1, 0.15) is 0 Å². The minimum absolute atomic E-state index is 0.661. The zero-order valence-electron chi connectivity index (χ0n) is 21.0. The van der Waals surface area contributed by atoms with Crippen molar-refractivity contribution in [2.75, 3.05) is 39.6 Å². The molecule has 184 valence electrons. The fourth-order valence-corrected chi connectivity index (χ4v) is 4.94. The molecule has 6 nitrogen and oxygen atoms in total. The molecule has 0 saturated heterocycles. The summed E-state index contributed by atoms with van der Waals surface area (Å²) in [5.41, 5.74) is 2.81. The Balaban J connectivity index is 0.000000253. The minimum atomic E-state index is -1.40. The van der Waals surface area contributed by atoms with Crippen LogP contribution in [0, 0.1) is 0 Å². The molecular weight excluding hydrogens is 452 g/mol. The molecule has 0 fully saturated rings. The van der Waals surface area contributed by atoms with E-state index in [0.29, 0.717) is 39.6 Å². The first-order valence-electron chi connectivity index (χ1n) is 11.8. The number of hydrogen-bond donors (Lipinski definition) is 0. The van der Waals surface area contributed by atoms with Gasteiger partial charge in [-0.2, -0.15) is 0 Å². The predicted octanol–water partition coefficient (Wildman–Crippen LogP) is 5.57. The minimum Gasteiger partial charge on any atom is -0.371 e.